The van der Waals surface area contributed by atoms with Crippen molar-refractivity contribution < 1.29 is 13.6 Å². The lowest BCUT2D eigenvalue weighted by atomic mass is 10.2. The molecule has 4 nitrogen and oxygen atoms in total. The van der Waals surface area contributed by atoms with Gasteiger partial charge < -0.3 is 5.32 Å². The van der Waals surface area contributed by atoms with Crippen molar-refractivity contribution in [3.05, 3.63) is 65.1 Å². The van der Waals surface area contributed by atoms with Gasteiger partial charge in [-0.25, -0.2) is 13.8 Å². The third kappa shape index (κ3) is 2.99. The largest absolute Gasteiger partial charge is 0.318 e. The van der Waals surface area contributed by atoms with Gasteiger partial charge in [0.15, 0.2) is 0 Å². The second kappa shape index (κ2) is 6.39. The van der Waals surface area contributed by atoms with E-state index in [2.05, 4.69) is 10.3 Å². The molecule has 0 bridgehead atoms. The first-order valence-electron chi connectivity index (χ1n) is 7.73. The molecule has 24 heavy (non-hydrogen) atoms. The highest BCUT2D eigenvalue weighted by molar-refractivity contribution is 6.04. The van der Waals surface area contributed by atoms with E-state index < -0.39 is 17.5 Å². The topological polar surface area (TPSA) is 46.4 Å². The van der Waals surface area contributed by atoms with Gasteiger partial charge in [-0.05, 0) is 43.2 Å². The molecule has 1 N–H and O–H groups in total. The van der Waals surface area contributed by atoms with E-state index >= 15 is 0 Å². The molecule has 0 spiro atoms. The average Bonchev–Trinajstić information content (AvgIpc) is 2.88. The van der Waals surface area contributed by atoms with Crippen molar-refractivity contribution in [3.8, 4) is 0 Å². The summed E-state index contributed by atoms with van der Waals surface area (Å²) in [6, 6.07) is 6.68. The van der Waals surface area contributed by atoms with Crippen molar-refractivity contribution in [2.24, 2.45) is 0 Å². The fraction of sp³-hybridized carbons (Fsp3) is 0.222. The average molecular weight is 329 g/mol. The van der Waals surface area contributed by atoms with E-state index in [0.717, 1.165) is 30.2 Å². The lowest BCUT2D eigenvalue weighted by Gasteiger charge is -2.08. The molecule has 0 aliphatic rings. The van der Waals surface area contributed by atoms with Gasteiger partial charge in [-0.3, -0.25) is 9.20 Å². The van der Waals surface area contributed by atoms with Gasteiger partial charge in [-0.1, -0.05) is 13.3 Å². The molecule has 0 saturated carbocycles. The normalized spacial score (nSPS) is 11.0. The Kier molecular flexibility index (Phi) is 4.29. The number of hydrogen-bond donors (Lipinski definition) is 1. The zero-order valence-corrected chi connectivity index (χ0v) is 13.4. The van der Waals surface area contributed by atoms with Crippen molar-refractivity contribution in [1.29, 1.82) is 0 Å². The molecule has 124 valence electrons. The number of hydrogen-bond acceptors (Lipinski definition) is 2. The van der Waals surface area contributed by atoms with Gasteiger partial charge in [0.05, 0.1) is 11.4 Å². The maximum Gasteiger partial charge on any atom is 0.274 e. The number of nitrogens with zero attached hydrogens (tertiary/aromatic N) is 2. The van der Waals surface area contributed by atoms with E-state index in [1.807, 2.05) is 26.0 Å². The van der Waals surface area contributed by atoms with Crippen LogP contribution >= 0.6 is 0 Å². The number of amides is 1. The fourth-order valence-electron chi connectivity index (χ4n) is 2.62. The van der Waals surface area contributed by atoms with Gasteiger partial charge in [-0.15, -0.1) is 0 Å². The van der Waals surface area contributed by atoms with Crippen LogP contribution in [0.4, 0.5) is 14.5 Å². The minimum absolute atomic E-state index is 0.190. The monoisotopic (exact) mass is 329 g/mol. The quantitative estimate of drug-likeness (QED) is 0.782. The Labute approximate surface area is 138 Å². The first kappa shape index (κ1) is 16.1. The van der Waals surface area contributed by atoms with Crippen LogP contribution in [0.2, 0.25) is 0 Å². The Morgan fingerprint density at radius 2 is 2.04 bits per heavy atom. The summed E-state index contributed by atoms with van der Waals surface area (Å²) in [6.07, 6.45) is 3.19. The van der Waals surface area contributed by atoms with E-state index in [1.54, 1.807) is 10.6 Å². The molecule has 0 atom stereocenters. The summed E-state index contributed by atoms with van der Waals surface area (Å²) in [5, 5.41) is 2.44. The van der Waals surface area contributed by atoms with Gasteiger partial charge in [0, 0.05) is 12.3 Å². The Morgan fingerprint density at radius 3 is 2.79 bits per heavy atom. The van der Waals surface area contributed by atoms with Crippen LogP contribution in [-0.4, -0.2) is 15.3 Å². The van der Waals surface area contributed by atoms with Crippen LogP contribution in [0.25, 0.3) is 5.65 Å². The van der Waals surface area contributed by atoms with Gasteiger partial charge in [0.1, 0.15) is 23.0 Å². The standard InChI is InChI=1S/C18H17F2N3O/c1-3-4-14-17(23-8-7-11(2)9-16(23)21-14)18(24)22-15-10-12(19)5-6-13(15)20/h5-10H,3-4H2,1-2H3,(H,22,24). The van der Waals surface area contributed by atoms with Crippen LogP contribution in [-0.2, 0) is 6.42 Å². The summed E-state index contributed by atoms with van der Waals surface area (Å²) >= 11 is 0. The molecular weight excluding hydrogens is 312 g/mol. The van der Waals surface area contributed by atoms with E-state index in [-0.39, 0.29) is 5.69 Å². The molecule has 2 heterocycles. The second-order valence-corrected chi connectivity index (χ2v) is 5.67. The maximum atomic E-state index is 13.8. The minimum atomic E-state index is -0.688. The Bertz CT molecular complexity index is 918. The second-order valence-electron chi connectivity index (χ2n) is 5.67. The predicted molar refractivity (Wildman–Crippen MR) is 88.2 cm³/mol. The zero-order chi connectivity index (χ0) is 17.3. The van der Waals surface area contributed by atoms with Gasteiger partial charge in [0.2, 0.25) is 0 Å². The van der Waals surface area contributed by atoms with E-state index in [1.165, 1.54) is 0 Å². The van der Waals surface area contributed by atoms with Crippen LogP contribution in [0, 0.1) is 18.6 Å². The highest BCUT2D eigenvalue weighted by Crippen LogP contribution is 2.20. The molecule has 1 aromatic carbocycles. The van der Waals surface area contributed by atoms with E-state index in [9.17, 15) is 13.6 Å². The predicted octanol–water partition coefficient (Wildman–Crippen LogP) is 4.13. The molecule has 1 amide bonds. The highest BCUT2D eigenvalue weighted by atomic mass is 19.1. The van der Waals surface area contributed by atoms with Crippen molar-refractivity contribution in [1.82, 2.24) is 9.38 Å². The molecule has 3 aromatic rings. The van der Waals surface area contributed by atoms with E-state index in [0.29, 0.717) is 23.5 Å². The fourth-order valence-corrected chi connectivity index (χ4v) is 2.62. The summed E-state index contributed by atoms with van der Waals surface area (Å²) in [4.78, 5) is 17.2. The molecule has 0 aliphatic heterocycles. The van der Waals surface area contributed by atoms with E-state index in [4.69, 9.17) is 0 Å². The molecular formula is C18H17F2N3O. The number of imidazole rings is 1. The molecule has 2 aromatic heterocycles. The highest BCUT2D eigenvalue weighted by Gasteiger charge is 2.20. The summed E-state index contributed by atoms with van der Waals surface area (Å²) in [5.74, 6) is -1.82. The summed E-state index contributed by atoms with van der Waals surface area (Å²) < 4.78 is 28.8. The molecule has 0 unspecified atom stereocenters. The Morgan fingerprint density at radius 1 is 1.25 bits per heavy atom. The van der Waals surface area contributed by atoms with Crippen LogP contribution in [0.3, 0.4) is 0 Å². The number of anilines is 1. The first-order valence-corrected chi connectivity index (χ1v) is 7.73. The Balaban J connectivity index is 2.05. The lowest BCUT2D eigenvalue weighted by Crippen LogP contribution is -2.17. The molecule has 0 aliphatic carbocycles. The number of nitrogens with one attached hydrogen (secondary N) is 1. The number of halogens is 2. The minimum Gasteiger partial charge on any atom is -0.318 e. The smallest absolute Gasteiger partial charge is 0.274 e. The SMILES string of the molecule is CCCc1nc2cc(C)ccn2c1C(=O)Nc1cc(F)ccc1F. The van der Waals surface area contributed by atoms with Crippen LogP contribution in [0.1, 0.15) is 35.1 Å². The number of rotatable bonds is 4. The van der Waals surface area contributed by atoms with Crippen LogP contribution < -0.4 is 5.32 Å². The number of aryl methyl sites for hydroxylation is 2. The van der Waals surface area contributed by atoms with Gasteiger partial charge in [-0.2, -0.15) is 0 Å². The number of benzene rings is 1. The maximum absolute atomic E-state index is 13.8. The van der Waals surface area contributed by atoms with Crippen LogP contribution in [0.15, 0.2) is 36.5 Å². The molecule has 3 rings (SSSR count). The number of carbonyl (C=O) groups is 1. The van der Waals surface area contributed by atoms with Gasteiger partial charge in [0.25, 0.3) is 5.91 Å². The van der Waals surface area contributed by atoms with Crippen LogP contribution in [0.5, 0.6) is 0 Å². The third-order valence-corrected chi connectivity index (χ3v) is 3.73. The Hall–Kier alpha value is -2.76. The molecule has 6 heteroatoms. The number of carbonyl (C=O) groups excluding carboxylic acids is 1. The van der Waals surface area contributed by atoms with Crippen molar-refractivity contribution in [3.63, 3.8) is 0 Å². The van der Waals surface area contributed by atoms with Crippen molar-refractivity contribution >= 4 is 17.2 Å². The van der Waals surface area contributed by atoms with Gasteiger partial charge >= 0.3 is 0 Å². The first-order chi connectivity index (χ1) is 11.5. The number of fused-ring (bicyclic) bond motifs is 1. The summed E-state index contributed by atoms with van der Waals surface area (Å²) in [7, 11) is 0. The molecule has 0 saturated heterocycles. The number of pyridine rings is 1. The van der Waals surface area contributed by atoms with Crippen molar-refractivity contribution in [2.45, 2.75) is 26.7 Å². The van der Waals surface area contributed by atoms with Crippen molar-refractivity contribution in [2.75, 3.05) is 5.32 Å². The summed E-state index contributed by atoms with van der Waals surface area (Å²) in [6.45, 7) is 3.93. The zero-order valence-electron chi connectivity index (χ0n) is 13.4. The molecule has 0 fully saturated rings. The molecule has 0 radical (unpaired) electrons. The third-order valence-electron chi connectivity index (χ3n) is 3.73. The summed E-state index contributed by atoms with van der Waals surface area (Å²) in [5.41, 5.74) is 2.47. The number of aromatic nitrogens is 2. The lowest BCUT2D eigenvalue weighted by molar-refractivity contribution is 0.102.